The number of benzene rings is 6. The molecule has 0 atom stereocenters. The molecular formula is C49H48N2. The number of hydrogen-bond acceptors (Lipinski definition) is 2. The summed E-state index contributed by atoms with van der Waals surface area (Å²) in [6, 6.07) is 47.8. The van der Waals surface area contributed by atoms with Gasteiger partial charge in [0.15, 0.2) is 0 Å². The molecule has 254 valence electrons. The van der Waals surface area contributed by atoms with E-state index in [1.54, 1.807) is 19.2 Å². The highest BCUT2D eigenvalue weighted by atomic mass is 14.8. The highest BCUT2D eigenvalue weighted by molar-refractivity contribution is 6.11. The number of fused-ring (bicyclic) bond motifs is 8. The molecule has 0 saturated carbocycles. The summed E-state index contributed by atoms with van der Waals surface area (Å²) in [5, 5.41) is 5.46. The van der Waals surface area contributed by atoms with Crippen molar-refractivity contribution in [2.75, 3.05) is 7.05 Å². The van der Waals surface area contributed by atoms with Crippen molar-refractivity contribution in [1.82, 2.24) is 5.32 Å². The smallest absolute Gasteiger partial charge is 0.0728 e. The van der Waals surface area contributed by atoms with E-state index in [9.17, 15) is 0 Å². The van der Waals surface area contributed by atoms with Gasteiger partial charge in [-0.25, -0.2) is 0 Å². The third-order valence-corrected chi connectivity index (χ3v) is 10.3. The van der Waals surface area contributed by atoms with Gasteiger partial charge in [0, 0.05) is 7.05 Å². The maximum absolute atomic E-state index is 5.47. The van der Waals surface area contributed by atoms with Crippen molar-refractivity contribution in [2.45, 2.75) is 40.0 Å². The lowest BCUT2D eigenvalue weighted by Gasteiger charge is -2.34. The molecule has 2 nitrogen and oxygen atoms in total. The summed E-state index contributed by atoms with van der Waals surface area (Å²) < 4.78 is 0. The van der Waals surface area contributed by atoms with Crippen molar-refractivity contribution >= 4 is 21.9 Å². The van der Waals surface area contributed by atoms with E-state index in [0.29, 0.717) is 5.70 Å². The first kappa shape index (κ1) is 35.0. The number of aryl methyl sites for hydroxylation is 2. The Kier molecular flexibility index (Phi) is 9.98. The lowest BCUT2D eigenvalue weighted by Crippen LogP contribution is -2.27. The van der Waals surface area contributed by atoms with Crippen LogP contribution < -0.4 is 11.1 Å². The fourth-order valence-electron chi connectivity index (χ4n) is 7.95. The normalized spacial score (nSPS) is 13.5. The second kappa shape index (κ2) is 14.5. The lowest BCUT2D eigenvalue weighted by molar-refractivity contribution is 0.842. The Labute approximate surface area is 304 Å². The third-order valence-electron chi connectivity index (χ3n) is 10.3. The Balaban J connectivity index is 0.000000359. The Bertz CT molecular complexity index is 2290. The minimum atomic E-state index is -0.354. The van der Waals surface area contributed by atoms with Gasteiger partial charge in [-0.3, -0.25) is 0 Å². The fourth-order valence-corrected chi connectivity index (χ4v) is 7.95. The van der Waals surface area contributed by atoms with Crippen molar-refractivity contribution in [1.29, 1.82) is 0 Å². The zero-order valence-electron chi connectivity index (χ0n) is 30.8. The van der Waals surface area contributed by atoms with Crippen molar-refractivity contribution in [3.05, 3.63) is 203 Å². The summed E-state index contributed by atoms with van der Waals surface area (Å²) in [5.41, 5.74) is 24.0. The number of nitrogens with two attached hydrogens (primary N) is 1. The first-order valence-electron chi connectivity index (χ1n) is 17.9. The van der Waals surface area contributed by atoms with E-state index >= 15 is 0 Å². The molecule has 0 radical (unpaired) electrons. The number of nitrogens with one attached hydrogen (secondary N) is 1. The molecular weight excluding hydrogens is 617 g/mol. The van der Waals surface area contributed by atoms with Gasteiger partial charge < -0.3 is 11.1 Å². The summed E-state index contributed by atoms with van der Waals surface area (Å²) in [5.74, 6) is 0. The molecule has 6 aromatic carbocycles. The largest absolute Gasteiger partial charge is 0.397 e. The molecule has 2 heteroatoms. The molecule has 0 aliphatic heterocycles. The molecule has 51 heavy (non-hydrogen) atoms. The highest BCUT2D eigenvalue weighted by Gasteiger charge is 2.52. The molecule has 0 saturated heterocycles. The molecule has 3 N–H and O–H groups in total. The molecule has 1 spiro atoms. The van der Waals surface area contributed by atoms with Crippen LogP contribution in [0.15, 0.2) is 164 Å². The van der Waals surface area contributed by atoms with Gasteiger partial charge in [0.2, 0.25) is 0 Å². The van der Waals surface area contributed by atoms with E-state index in [1.807, 2.05) is 13.8 Å². The van der Waals surface area contributed by atoms with Crippen LogP contribution in [0.25, 0.3) is 44.2 Å². The lowest BCUT2D eigenvalue weighted by atomic mass is 9.67. The molecule has 0 fully saturated rings. The van der Waals surface area contributed by atoms with Crippen molar-refractivity contribution < 1.29 is 0 Å². The Morgan fingerprint density at radius 3 is 1.67 bits per heavy atom. The second-order valence-corrected chi connectivity index (χ2v) is 13.0. The van der Waals surface area contributed by atoms with Gasteiger partial charge in [-0.05, 0) is 123 Å². The Hall–Kier alpha value is -5.86. The van der Waals surface area contributed by atoms with Crippen LogP contribution >= 0.6 is 0 Å². The van der Waals surface area contributed by atoms with E-state index in [2.05, 4.69) is 167 Å². The monoisotopic (exact) mass is 664 g/mol. The van der Waals surface area contributed by atoms with Crippen LogP contribution in [0.5, 0.6) is 0 Å². The summed E-state index contributed by atoms with van der Waals surface area (Å²) in [6.07, 6.45) is 3.23. The zero-order valence-corrected chi connectivity index (χ0v) is 30.8. The van der Waals surface area contributed by atoms with Crippen molar-refractivity contribution in [3.8, 4) is 22.3 Å². The van der Waals surface area contributed by atoms with Gasteiger partial charge in [-0.1, -0.05) is 148 Å². The molecule has 0 aromatic heterocycles. The van der Waals surface area contributed by atoms with Crippen LogP contribution in [0.3, 0.4) is 0 Å². The van der Waals surface area contributed by atoms with Gasteiger partial charge in [0.25, 0.3) is 0 Å². The standard InChI is InChI=1S/C40H30.C7H12N2.C2H6/c1-25-16-18-28(19-17-25)31-20-21-32(26(2)22-31)39-27(3)35-23-29-10-4-5-11-30(29)24-38(35)40(39)36-14-8-6-12-33(36)34-13-7-9-15-37(34)40;1-4-6(8)7(5-2)9-3;1-2/h4-24H,1-3H3;4-5,9H,1-2,8H2,3H3;1-2H3/b;7-6-;. The van der Waals surface area contributed by atoms with E-state index in [4.69, 9.17) is 5.73 Å². The zero-order chi connectivity index (χ0) is 36.3. The third kappa shape index (κ3) is 5.81. The Morgan fingerprint density at radius 1 is 0.588 bits per heavy atom. The van der Waals surface area contributed by atoms with Gasteiger partial charge in [-0.15, -0.1) is 0 Å². The minimum absolute atomic E-state index is 0.354. The maximum atomic E-state index is 5.47. The second-order valence-electron chi connectivity index (χ2n) is 13.0. The highest BCUT2D eigenvalue weighted by Crippen LogP contribution is 2.65. The molecule has 2 aliphatic carbocycles. The number of rotatable bonds is 5. The van der Waals surface area contributed by atoms with Crippen LogP contribution in [0.4, 0.5) is 0 Å². The molecule has 0 heterocycles. The van der Waals surface area contributed by atoms with Crippen molar-refractivity contribution in [2.24, 2.45) is 5.73 Å². The SMILES string of the molecule is C=C/C(N)=C(\C=C)NC.CC.CC1=C(c2ccc(-c3ccc(C)cc3)cc2C)C2(c3cc4ccccc4cc31)c1ccccc1-c1ccccc12. The van der Waals surface area contributed by atoms with Crippen LogP contribution in [0.1, 0.15) is 59.7 Å². The topological polar surface area (TPSA) is 38.0 Å². The molecule has 0 bridgehead atoms. The quantitative estimate of drug-likeness (QED) is 0.180. The Morgan fingerprint density at radius 2 is 1.14 bits per heavy atom. The first-order chi connectivity index (χ1) is 24.8. The average molecular weight is 665 g/mol. The predicted octanol–water partition coefficient (Wildman–Crippen LogP) is 12.2. The number of likely N-dealkylation sites (N-methyl/N-ethyl adjacent to an activating group) is 1. The summed E-state index contributed by atoms with van der Waals surface area (Å²) >= 11 is 0. The van der Waals surface area contributed by atoms with Crippen LogP contribution in [-0.4, -0.2) is 7.05 Å². The van der Waals surface area contributed by atoms with Crippen LogP contribution in [0, 0.1) is 13.8 Å². The van der Waals surface area contributed by atoms with E-state index in [0.717, 1.165) is 5.70 Å². The van der Waals surface area contributed by atoms with Gasteiger partial charge in [0.1, 0.15) is 0 Å². The van der Waals surface area contributed by atoms with E-state index < -0.39 is 0 Å². The summed E-state index contributed by atoms with van der Waals surface area (Å²) in [7, 11) is 1.79. The van der Waals surface area contributed by atoms with Gasteiger partial charge >= 0.3 is 0 Å². The predicted molar refractivity (Wildman–Crippen MR) is 222 cm³/mol. The van der Waals surface area contributed by atoms with Crippen molar-refractivity contribution in [3.63, 3.8) is 0 Å². The van der Waals surface area contributed by atoms with Crippen LogP contribution in [0.2, 0.25) is 0 Å². The van der Waals surface area contributed by atoms with E-state index in [1.165, 1.54) is 83.1 Å². The fraction of sp³-hybridized carbons (Fsp3) is 0.143. The summed E-state index contributed by atoms with van der Waals surface area (Å²) in [6.45, 7) is 17.8. The summed E-state index contributed by atoms with van der Waals surface area (Å²) in [4.78, 5) is 0. The molecule has 2 aliphatic rings. The molecule has 8 rings (SSSR count). The molecule has 6 aromatic rings. The van der Waals surface area contributed by atoms with Gasteiger partial charge in [0.05, 0.1) is 16.8 Å². The number of allylic oxidation sites excluding steroid dienone is 4. The average Bonchev–Trinajstić information content (AvgIpc) is 3.60. The number of hydrogen-bond donors (Lipinski definition) is 2. The van der Waals surface area contributed by atoms with E-state index in [-0.39, 0.29) is 5.41 Å². The molecule has 0 amide bonds. The maximum Gasteiger partial charge on any atom is 0.0728 e. The van der Waals surface area contributed by atoms with Crippen LogP contribution in [-0.2, 0) is 5.41 Å². The van der Waals surface area contributed by atoms with Gasteiger partial charge in [-0.2, -0.15) is 0 Å². The molecule has 0 unspecified atom stereocenters. The minimum Gasteiger partial charge on any atom is -0.397 e. The first-order valence-corrected chi connectivity index (χ1v) is 17.9.